The minimum Gasteiger partial charge on any atom is -0.497 e. The molecule has 1 aromatic heterocycles. The van der Waals surface area contributed by atoms with E-state index in [4.69, 9.17) is 9.15 Å². The maximum absolute atomic E-state index is 11.8. The van der Waals surface area contributed by atoms with E-state index < -0.39 is 0 Å². The summed E-state index contributed by atoms with van der Waals surface area (Å²) in [5, 5.41) is 7.70. The Balaban J connectivity index is 1.89. The van der Waals surface area contributed by atoms with Crippen LogP contribution in [0.5, 0.6) is 5.75 Å². The van der Waals surface area contributed by atoms with Gasteiger partial charge in [0.2, 0.25) is 11.7 Å². The van der Waals surface area contributed by atoms with E-state index in [9.17, 15) is 4.79 Å². The predicted octanol–water partition coefficient (Wildman–Crippen LogP) is 2.34. The van der Waals surface area contributed by atoms with Gasteiger partial charge in [0.05, 0.1) is 7.11 Å². The summed E-state index contributed by atoms with van der Waals surface area (Å²) >= 11 is 0. The number of rotatable bonds is 4. The van der Waals surface area contributed by atoms with Crippen LogP contribution in [0.3, 0.4) is 0 Å². The van der Waals surface area contributed by atoms with Crippen LogP contribution < -0.4 is 4.74 Å². The average molecular weight is 244 g/mol. The highest BCUT2D eigenvalue weighted by molar-refractivity contribution is 5.95. The van der Waals surface area contributed by atoms with Gasteiger partial charge in [-0.05, 0) is 31.0 Å². The minimum absolute atomic E-state index is 0.0448. The summed E-state index contributed by atoms with van der Waals surface area (Å²) < 4.78 is 10.5. The van der Waals surface area contributed by atoms with Crippen LogP contribution in [0.15, 0.2) is 28.7 Å². The van der Waals surface area contributed by atoms with Gasteiger partial charge >= 0.3 is 0 Å². The zero-order valence-corrected chi connectivity index (χ0v) is 9.92. The fourth-order valence-corrected chi connectivity index (χ4v) is 1.72. The number of ether oxygens (including phenoxy) is 1. The minimum atomic E-state index is -0.0448. The molecular weight excluding hydrogens is 232 g/mol. The standard InChI is InChI=1S/C13H12N2O3/c1-17-10-4-2-3-9(7-10)12-14-15-13(18-12)11(16)8-5-6-8/h2-4,7-8H,5-6H2,1H3. The maximum Gasteiger partial charge on any atom is 0.284 e. The summed E-state index contributed by atoms with van der Waals surface area (Å²) in [7, 11) is 1.59. The zero-order valence-electron chi connectivity index (χ0n) is 9.92. The second kappa shape index (κ2) is 4.25. The van der Waals surface area contributed by atoms with Crippen molar-refractivity contribution in [3.05, 3.63) is 30.2 Å². The van der Waals surface area contributed by atoms with Crippen LogP contribution in [0.25, 0.3) is 11.5 Å². The Bertz CT molecular complexity index is 587. The van der Waals surface area contributed by atoms with Gasteiger partial charge in [-0.3, -0.25) is 4.79 Å². The van der Waals surface area contributed by atoms with Gasteiger partial charge in [0.25, 0.3) is 5.89 Å². The van der Waals surface area contributed by atoms with Gasteiger partial charge in [0.1, 0.15) is 5.75 Å². The normalized spacial score (nSPS) is 14.5. The second-order valence-electron chi connectivity index (χ2n) is 4.28. The maximum atomic E-state index is 11.8. The molecule has 0 unspecified atom stereocenters. The lowest BCUT2D eigenvalue weighted by molar-refractivity contribution is 0.0934. The van der Waals surface area contributed by atoms with Gasteiger partial charge in [-0.2, -0.15) is 0 Å². The number of hydrogen-bond acceptors (Lipinski definition) is 5. The highest BCUT2D eigenvalue weighted by atomic mass is 16.5. The Morgan fingerprint density at radius 1 is 1.39 bits per heavy atom. The monoisotopic (exact) mass is 244 g/mol. The number of benzene rings is 1. The number of hydrogen-bond donors (Lipinski definition) is 0. The molecule has 1 aliphatic rings. The molecule has 0 N–H and O–H groups in total. The van der Waals surface area contributed by atoms with Crippen LogP contribution in [0.1, 0.15) is 23.5 Å². The summed E-state index contributed by atoms with van der Waals surface area (Å²) in [6.45, 7) is 0. The van der Waals surface area contributed by atoms with Crippen molar-refractivity contribution >= 4 is 5.78 Å². The number of Topliss-reactive ketones (excluding diaryl/α,β-unsaturated/α-hetero) is 1. The van der Waals surface area contributed by atoms with Gasteiger partial charge in [0, 0.05) is 11.5 Å². The molecule has 1 heterocycles. The number of methoxy groups -OCH3 is 1. The third-order valence-electron chi connectivity index (χ3n) is 2.90. The Labute approximate surface area is 104 Å². The van der Waals surface area contributed by atoms with E-state index >= 15 is 0 Å². The SMILES string of the molecule is COc1cccc(-c2nnc(C(=O)C3CC3)o2)c1. The first-order valence-corrected chi connectivity index (χ1v) is 5.80. The molecular formula is C13H12N2O3. The number of nitrogens with zero attached hydrogens (tertiary/aromatic N) is 2. The molecule has 0 aliphatic heterocycles. The van der Waals surface area contributed by atoms with Crippen molar-refractivity contribution in [2.75, 3.05) is 7.11 Å². The summed E-state index contributed by atoms with van der Waals surface area (Å²) in [6, 6.07) is 7.29. The van der Waals surface area contributed by atoms with E-state index in [1.165, 1.54) is 0 Å². The summed E-state index contributed by atoms with van der Waals surface area (Å²) in [5.41, 5.74) is 0.747. The molecule has 5 heteroatoms. The number of aromatic nitrogens is 2. The van der Waals surface area contributed by atoms with E-state index in [1.54, 1.807) is 13.2 Å². The Kier molecular flexibility index (Phi) is 2.59. The molecule has 1 aromatic carbocycles. The van der Waals surface area contributed by atoms with Crippen LogP contribution in [-0.4, -0.2) is 23.1 Å². The molecule has 0 radical (unpaired) electrons. The van der Waals surface area contributed by atoms with Crippen molar-refractivity contribution in [2.45, 2.75) is 12.8 Å². The smallest absolute Gasteiger partial charge is 0.284 e. The van der Waals surface area contributed by atoms with Gasteiger partial charge in [-0.1, -0.05) is 6.07 Å². The largest absolute Gasteiger partial charge is 0.497 e. The summed E-state index contributed by atoms with van der Waals surface area (Å²) in [6.07, 6.45) is 1.85. The third kappa shape index (κ3) is 1.99. The second-order valence-corrected chi connectivity index (χ2v) is 4.28. The molecule has 0 atom stereocenters. The fourth-order valence-electron chi connectivity index (χ4n) is 1.72. The van der Waals surface area contributed by atoms with Crippen molar-refractivity contribution in [2.24, 2.45) is 5.92 Å². The van der Waals surface area contributed by atoms with Gasteiger partial charge in [0.15, 0.2) is 0 Å². The van der Waals surface area contributed by atoms with E-state index in [1.807, 2.05) is 18.2 Å². The first-order valence-electron chi connectivity index (χ1n) is 5.80. The third-order valence-corrected chi connectivity index (χ3v) is 2.90. The van der Waals surface area contributed by atoms with Crippen molar-refractivity contribution in [3.63, 3.8) is 0 Å². The average Bonchev–Trinajstić information content (AvgIpc) is 3.15. The molecule has 0 saturated heterocycles. The molecule has 0 spiro atoms. The molecule has 92 valence electrons. The Hall–Kier alpha value is -2.17. The highest BCUT2D eigenvalue weighted by Gasteiger charge is 2.34. The van der Waals surface area contributed by atoms with E-state index in [-0.39, 0.29) is 17.6 Å². The first kappa shape index (κ1) is 11.0. The summed E-state index contributed by atoms with van der Waals surface area (Å²) in [4.78, 5) is 11.8. The quantitative estimate of drug-likeness (QED) is 0.772. The van der Waals surface area contributed by atoms with Gasteiger partial charge in [-0.25, -0.2) is 0 Å². The molecule has 1 fully saturated rings. The summed E-state index contributed by atoms with van der Waals surface area (Å²) in [5.74, 6) is 1.20. The topological polar surface area (TPSA) is 65.2 Å². The number of ketones is 1. The molecule has 1 saturated carbocycles. The molecule has 18 heavy (non-hydrogen) atoms. The molecule has 2 aromatic rings. The first-order chi connectivity index (χ1) is 8.78. The van der Waals surface area contributed by atoms with E-state index in [2.05, 4.69) is 10.2 Å². The Morgan fingerprint density at radius 3 is 2.94 bits per heavy atom. The van der Waals surface area contributed by atoms with Crippen LogP contribution in [0, 0.1) is 5.92 Å². The van der Waals surface area contributed by atoms with Crippen molar-refractivity contribution in [3.8, 4) is 17.2 Å². The fraction of sp³-hybridized carbons (Fsp3) is 0.308. The predicted molar refractivity (Wildman–Crippen MR) is 63.3 cm³/mol. The lowest BCUT2D eigenvalue weighted by Crippen LogP contribution is -2.01. The van der Waals surface area contributed by atoms with Gasteiger partial charge in [-0.15, -0.1) is 10.2 Å². The lowest BCUT2D eigenvalue weighted by atomic mass is 10.2. The molecule has 0 bridgehead atoms. The van der Waals surface area contributed by atoms with E-state index in [0.717, 1.165) is 18.4 Å². The van der Waals surface area contributed by atoms with Gasteiger partial charge < -0.3 is 9.15 Å². The molecule has 1 aliphatic carbocycles. The van der Waals surface area contributed by atoms with Crippen molar-refractivity contribution in [1.29, 1.82) is 0 Å². The van der Waals surface area contributed by atoms with Crippen LogP contribution in [0.4, 0.5) is 0 Å². The highest BCUT2D eigenvalue weighted by Crippen LogP contribution is 2.33. The Morgan fingerprint density at radius 2 is 2.22 bits per heavy atom. The van der Waals surface area contributed by atoms with Crippen molar-refractivity contribution in [1.82, 2.24) is 10.2 Å². The lowest BCUT2D eigenvalue weighted by Gasteiger charge is -1.99. The van der Waals surface area contributed by atoms with Crippen LogP contribution in [0.2, 0.25) is 0 Å². The number of carbonyl (C=O) groups excluding carboxylic acids is 1. The molecule has 3 rings (SSSR count). The molecule has 0 amide bonds. The zero-order chi connectivity index (χ0) is 12.5. The van der Waals surface area contributed by atoms with E-state index in [0.29, 0.717) is 11.6 Å². The number of carbonyl (C=O) groups is 1. The van der Waals surface area contributed by atoms with Crippen LogP contribution in [-0.2, 0) is 0 Å². The molecule has 5 nitrogen and oxygen atoms in total. The van der Waals surface area contributed by atoms with Crippen molar-refractivity contribution < 1.29 is 13.9 Å². The van der Waals surface area contributed by atoms with Crippen LogP contribution >= 0.6 is 0 Å².